The van der Waals surface area contributed by atoms with Crippen LogP contribution in [0.2, 0.25) is 0 Å². The molecule has 94 valence electrons. The maximum absolute atomic E-state index is 5.77. The second-order valence-electron chi connectivity index (χ2n) is 4.51. The Morgan fingerprint density at radius 2 is 2.24 bits per heavy atom. The van der Waals surface area contributed by atoms with Crippen molar-refractivity contribution in [2.45, 2.75) is 25.8 Å². The van der Waals surface area contributed by atoms with Crippen LogP contribution in [-0.4, -0.2) is 32.8 Å². The molecule has 2 rings (SSSR count). The van der Waals surface area contributed by atoms with Crippen LogP contribution in [0.1, 0.15) is 19.8 Å². The summed E-state index contributed by atoms with van der Waals surface area (Å²) in [6.07, 6.45) is 2.24. The van der Waals surface area contributed by atoms with Crippen molar-refractivity contribution >= 4 is 5.69 Å². The van der Waals surface area contributed by atoms with Crippen LogP contribution in [0.3, 0.4) is 0 Å². The maximum atomic E-state index is 5.77. The number of benzene rings is 1. The fourth-order valence-corrected chi connectivity index (χ4v) is 2.28. The molecule has 1 aliphatic heterocycles. The van der Waals surface area contributed by atoms with Gasteiger partial charge in [-0.15, -0.1) is 0 Å². The monoisotopic (exact) mass is 234 g/mol. The summed E-state index contributed by atoms with van der Waals surface area (Å²) in [6, 6.07) is 8.89. The number of ether oxygens (including phenoxy) is 1. The van der Waals surface area contributed by atoms with E-state index in [1.165, 1.54) is 5.69 Å². The number of likely N-dealkylation sites (N-methyl/N-ethyl adjacent to an activating group) is 1. The lowest BCUT2D eigenvalue weighted by atomic mass is 10.2. The van der Waals surface area contributed by atoms with E-state index >= 15 is 0 Å². The van der Waals surface area contributed by atoms with Gasteiger partial charge >= 0.3 is 0 Å². The van der Waals surface area contributed by atoms with Crippen LogP contribution >= 0.6 is 0 Å². The third kappa shape index (κ3) is 2.91. The van der Waals surface area contributed by atoms with Gasteiger partial charge in [-0.2, -0.15) is 0 Å². The van der Waals surface area contributed by atoms with Gasteiger partial charge in [0.15, 0.2) is 0 Å². The molecule has 1 N–H and O–H groups in total. The van der Waals surface area contributed by atoms with Gasteiger partial charge in [0.25, 0.3) is 0 Å². The third-order valence-electron chi connectivity index (χ3n) is 3.38. The highest BCUT2D eigenvalue weighted by atomic mass is 16.5. The van der Waals surface area contributed by atoms with E-state index in [2.05, 4.69) is 35.3 Å². The largest absolute Gasteiger partial charge is 0.491 e. The lowest BCUT2D eigenvalue weighted by Crippen LogP contribution is -2.39. The van der Waals surface area contributed by atoms with Crippen molar-refractivity contribution in [2.75, 3.05) is 31.6 Å². The van der Waals surface area contributed by atoms with Gasteiger partial charge < -0.3 is 15.0 Å². The molecule has 1 aromatic rings. The molecule has 0 aliphatic carbocycles. The standard InChI is InChI=1S/C14H22N2O/c1-3-12(15-2)11-16-9-6-10-17-14-8-5-4-7-13(14)16/h4-5,7-8,12,15H,3,6,9-11H2,1-2H3. The van der Waals surface area contributed by atoms with Crippen LogP contribution < -0.4 is 15.0 Å². The highest BCUT2D eigenvalue weighted by Gasteiger charge is 2.17. The Morgan fingerprint density at radius 1 is 1.41 bits per heavy atom. The maximum Gasteiger partial charge on any atom is 0.142 e. The molecule has 0 spiro atoms. The Kier molecular flexibility index (Phi) is 4.26. The molecule has 1 unspecified atom stereocenters. The van der Waals surface area contributed by atoms with Crippen LogP contribution in [0.25, 0.3) is 0 Å². The Labute approximate surface area is 104 Å². The molecular formula is C14H22N2O. The van der Waals surface area contributed by atoms with E-state index < -0.39 is 0 Å². The van der Waals surface area contributed by atoms with Crippen molar-refractivity contribution in [2.24, 2.45) is 0 Å². The number of hydrogen-bond donors (Lipinski definition) is 1. The molecular weight excluding hydrogens is 212 g/mol. The minimum Gasteiger partial charge on any atom is -0.491 e. The summed E-state index contributed by atoms with van der Waals surface area (Å²) in [4.78, 5) is 2.44. The Bertz CT molecular complexity index is 350. The highest BCUT2D eigenvalue weighted by molar-refractivity contribution is 5.59. The molecule has 0 radical (unpaired) electrons. The number of para-hydroxylation sites is 2. The summed E-state index contributed by atoms with van der Waals surface area (Å²) in [7, 11) is 2.04. The summed E-state index contributed by atoms with van der Waals surface area (Å²) in [6.45, 7) is 5.17. The van der Waals surface area contributed by atoms with Gasteiger partial charge in [0.1, 0.15) is 5.75 Å². The Morgan fingerprint density at radius 3 is 3.00 bits per heavy atom. The number of rotatable bonds is 4. The van der Waals surface area contributed by atoms with Crippen molar-refractivity contribution in [3.63, 3.8) is 0 Å². The van der Waals surface area contributed by atoms with E-state index in [0.717, 1.165) is 38.3 Å². The lowest BCUT2D eigenvalue weighted by molar-refractivity contribution is 0.322. The van der Waals surface area contributed by atoms with Crippen molar-refractivity contribution < 1.29 is 4.74 Å². The quantitative estimate of drug-likeness (QED) is 0.865. The second-order valence-corrected chi connectivity index (χ2v) is 4.51. The Balaban J connectivity index is 2.16. The van der Waals surface area contributed by atoms with Crippen molar-refractivity contribution in [1.82, 2.24) is 5.32 Å². The van der Waals surface area contributed by atoms with Crippen LogP contribution in [0, 0.1) is 0 Å². The SMILES string of the molecule is CCC(CN1CCCOc2ccccc21)NC. The molecule has 0 bridgehead atoms. The predicted molar refractivity (Wildman–Crippen MR) is 71.9 cm³/mol. The van der Waals surface area contributed by atoms with Gasteiger partial charge in [0, 0.05) is 19.1 Å². The third-order valence-corrected chi connectivity index (χ3v) is 3.38. The molecule has 3 nitrogen and oxygen atoms in total. The smallest absolute Gasteiger partial charge is 0.142 e. The van der Waals surface area contributed by atoms with E-state index in [0.29, 0.717) is 6.04 Å². The first-order valence-electron chi connectivity index (χ1n) is 6.49. The first kappa shape index (κ1) is 12.2. The first-order valence-corrected chi connectivity index (χ1v) is 6.49. The summed E-state index contributed by atoms with van der Waals surface area (Å²) in [5.74, 6) is 1.02. The average molecular weight is 234 g/mol. The second kappa shape index (κ2) is 5.92. The number of hydrogen-bond acceptors (Lipinski definition) is 3. The predicted octanol–water partition coefficient (Wildman–Crippen LogP) is 2.27. The van der Waals surface area contributed by atoms with E-state index in [1.54, 1.807) is 0 Å². The molecule has 1 aromatic carbocycles. The molecule has 17 heavy (non-hydrogen) atoms. The minimum atomic E-state index is 0.543. The summed E-state index contributed by atoms with van der Waals surface area (Å²) in [5, 5.41) is 3.37. The lowest BCUT2D eigenvalue weighted by Gasteiger charge is -2.28. The van der Waals surface area contributed by atoms with Crippen LogP contribution in [0.4, 0.5) is 5.69 Å². The molecule has 1 atom stereocenters. The van der Waals surface area contributed by atoms with Gasteiger partial charge in [-0.1, -0.05) is 19.1 Å². The van der Waals surface area contributed by atoms with Gasteiger partial charge in [0.2, 0.25) is 0 Å². The van der Waals surface area contributed by atoms with Crippen LogP contribution in [-0.2, 0) is 0 Å². The first-order chi connectivity index (χ1) is 8.35. The fraction of sp³-hybridized carbons (Fsp3) is 0.571. The molecule has 0 saturated heterocycles. The number of anilines is 1. The van der Waals surface area contributed by atoms with Gasteiger partial charge in [-0.25, -0.2) is 0 Å². The molecule has 0 amide bonds. The zero-order chi connectivity index (χ0) is 12.1. The zero-order valence-corrected chi connectivity index (χ0v) is 10.8. The summed E-state index contributed by atoms with van der Waals surface area (Å²) >= 11 is 0. The van der Waals surface area contributed by atoms with Gasteiger partial charge in [-0.3, -0.25) is 0 Å². The van der Waals surface area contributed by atoms with E-state index in [9.17, 15) is 0 Å². The Hall–Kier alpha value is -1.22. The number of nitrogens with zero attached hydrogens (tertiary/aromatic N) is 1. The molecule has 0 saturated carbocycles. The van der Waals surface area contributed by atoms with Gasteiger partial charge in [0.05, 0.1) is 12.3 Å². The average Bonchev–Trinajstić information content (AvgIpc) is 2.58. The van der Waals surface area contributed by atoms with Crippen molar-refractivity contribution in [1.29, 1.82) is 0 Å². The minimum absolute atomic E-state index is 0.543. The highest BCUT2D eigenvalue weighted by Crippen LogP contribution is 2.30. The van der Waals surface area contributed by atoms with Crippen molar-refractivity contribution in [3.8, 4) is 5.75 Å². The van der Waals surface area contributed by atoms with E-state index in [1.807, 2.05) is 13.1 Å². The fourth-order valence-electron chi connectivity index (χ4n) is 2.28. The topological polar surface area (TPSA) is 24.5 Å². The molecule has 0 fully saturated rings. The van der Waals surface area contributed by atoms with Gasteiger partial charge in [-0.05, 0) is 32.0 Å². The van der Waals surface area contributed by atoms with Crippen molar-refractivity contribution in [3.05, 3.63) is 24.3 Å². The van der Waals surface area contributed by atoms with Crippen LogP contribution in [0.5, 0.6) is 5.75 Å². The number of nitrogens with one attached hydrogen (secondary N) is 1. The molecule has 0 aromatic heterocycles. The van der Waals surface area contributed by atoms with Crippen LogP contribution in [0.15, 0.2) is 24.3 Å². The normalized spacial score (nSPS) is 16.9. The molecule has 3 heteroatoms. The van der Waals surface area contributed by atoms with E-state index in [-0.39, 0.29) is 0 Å². The molecule has 1 heterocycles. The number of fused-ring (bicyclic) bond motifs is 1. The summed E-state index contributed by atoms with van der Waals surface area (Å²) < 4.78 is 5.77. The van der Waals surface area contributed by atoms with E-state index in [4.69, 9.17) is 4.74 Å². The zero-order valence-electron chi connectivity index (χ0n) is 10.8. The molecule has 1 aliphatic rings. The summed E-state index contributed by atoms with van der Waals surface area (Å²) in [5.41, 5.74) is 1.23.